The molecule has 1 amide bonds. The van der Waals surface area contributed by atoms with Gasteiger partial charge in [-0.3, -0.25) is 4.79 Å². The smallest absolute Gasteiger partial charge is 0.339 e. The van der Waals surface area contributed by atoms with Crippen LogP contribution in [0.3, 0.4) is 0 Å². The van der Waals surface area contributed by atoms with Crippen molar-refractivity contribution < 1.29 is 22.7 Å². The van der Waals surface area contributed by atoms with Crippen LogP contribution in [0.2, 0.25) is 0 Å². The second-order valence-electron chi connectivity index (χ2n) is 5.29. The van der Waals surface area contributed by atoms with Crippen molar-refractivity contribution in [3.05, 3.63) is 33.4 Å². The Balaban J connectivity index is 1.95. The minimum atomic E-state index is -3.07. The highest BCUT2D eigenvalue weighted by Crippen LogP contribution is 2.18. The van der Waals surface area contributed by atoms with E-state index in [0.717, 1.165) is 3.57 Å². The highest BCUT2D eigenvalue weighted by molar-refractivity contribution is 14.1. The summed E-state index contributed by atoms with van der Waals surface area (Å²) < 4.78 is 28.9. The van der Waals surface area contributed by atoms with Crippen LogP contribution in [0.15, 0.2) is 24.3 Å². The maximum absolute atomic E-state index is 12.2. The lowest BCUT2D eigenvalue weighted by atomic mass is 10.2. The summed E-state index contributed by atoms with van der Waals surface area (Å²) >= 11 is 2.03. The van der Waals surface area contributed by atoms with Crippen LogP contribution in [0.5, 0.6) is 0 Å². The molecule has 1 aromatic carbocycles. The monoisotopic (exact) mass is 451 g/mol. The number of likely N-dealkylation sites (N-methyl/N-ethyl adjacent to an activating group) is 1. The molecule has 1 aromatic rings. The molecule has 0 saturated carbocycles. The summed E-state index contributed by atoms with van der Waals surface area (Å²) in [6.45, 7) is 1.79. The number of sulfone groups is 1. The Morgan fingerprint density at radius 3 is 2.61 bits per heavy atom. The van der Waals surface area contributed by atoms with Gasteiger partial charge in [0.15, 0.2) is 16.4 Å². The largest absolute Gasteiger partial charge is 0.452 e. The zero-order valence-electron chi connectivity index (χ0n) is 12.7. The molecule has 1 fully saturated rings. The Morgan fingerprint density at radius 1 is 1.35 bits per heavy atom. The highest BCUT2D eigenvalue weighted by Gasteiger charge is 2.34. The van der Waals surface area contributed by atoms with Crippen LogP contribution in [0.4, 0.5) is 0 Å². The van der Waals surface area contributed by atoms with Gasteiger partial charge in [0.2, 0.25) is 0 Å². The van der Waals surface area contributed by atoms with Crippen LogP contribution in [0.25, 0.3) is 0 Å². The van der Waals surface area contributed by atoms with Crippen molar-refractivity contribution in [1.29, 1.82) is 0 Å². The standard InChI is InChI=1S/C15H18INO5S/c1-2-17(11-7-8-23(20,21)10-11)14(18)9-22-15(19)12-5-3-4-6-13(12)16/h3-6,11H,2,7-10H2,1H3/t11-/m1/s1. The number of hydrogen-bond donors (Lipinski definition) is 0. The number of carbonyl (C=O) groups excluding carboxylic acids is 2. The molecule has 8 heteroatoms. The molecule has 0 aliphatic carbocycles. The molecule has 1 heterocycles. The molecule has 0 bridgehead atoms. The van der Waals surface area contributed by atoms with E-state index >= 15 is 0 Å². The molecule has 6 nitrogen and oxygen atoms in total. The number of rotatable bonds is 5. The average molecular weight is 451 g/mol. The number of benzene rings is 1. The van der Waals surface area contributed by atoms with Crippen LogP contribution >= 0.6 is 22.6 Å². The summed E-state index contributed by atoms with van der Waals surface area (Å²) in [5.74, 6) is -0.840. The number of carbonyl (C=O) groups is 2. The van der Waals surface area contributed by atoms with Crippen molar-refractivity contribution >= 4 is 44.3 Å². The van der Waals surface area contributed by atoms with E-state index in [1.54, 1.807) is 25.1 Å². The van der Waals surface area contributed by atoms with E-state index in [4.69, 9.17) is 4.74 Å². The van der Waals surface area contributed by atoms with Crippen molar-refractivity contribution in [2.45, 2.75) is 19.4 Å². The van der Waals surface area contributed by atoms with E-state index < -0.39 is 15.8 Å². The van der Waals surface area contributed by atoms with Gasteiger partial charge >= 0.3 is 5.97 Å². The van der Waals surface area contributed by atoms with Crippen molar-refractivity contribution in [2.24, 2.45) is 0 Å². The number of esters is 1. The van der Waals surface area contributed by atoms with Gasteiger partial charge in [0.05, 0.1) is 17.1 Å². The molecule has 126 valence electrons. The fourth-order valence-corrected chi connectivity index (χ4v) is 4.91. The van der Waals surface area contributed by atoms with Gasteiger partial charge in [-0.15, -0.1) is 0 Å². The quantitative estimate of drug-likeness (QED) is 0.501. The third kappa shape index (κ3) is 4.66. The second-order valence-corrected chi connectivity index (χ2v) is 8.68. The molecule has 1 aliphatic heterocycles. The molecule has 0 unspecified atom stereocenters. The Bertz CT molecular complexity index is 704. The Morgan fingerprint density at radius 2 is 2.04 bits per heavy atom. The van der Waals surface area contributed by atoms with Gasteiger partial charge in [-0.1, -0.05) is 12.1 Å². The number of hydrogen-bond acceptors (Lipinski definition) is 5. The van der Waals surface area contributed by atoms with E-state index in [9.17, 15) is 18.0 Å². The first-order valence-corrected chi connectivity index (χ1v) is 10.2. The van der Waals surface area contributed by atoms with Gasteiger partial charge < -0.3 is 9.64 Å². The van der Waals surface area contributed by atoms with Crippen LogP contribution in [-0.4, -0.2) is 55.9 Å². The topological polar surface area (TPSA) is 80.8 Å². The minimum Gasteiger partial charge on any atom is -0.452 e. The molecule has 1 atom stereocenters. The summed E-state index contributed by atoms with van der Waals surface area (Å²) in [7, 11) is -3.07. The predicted molar refractivity (Wildman–Crippen MR) is 93.9 cm³/mol. The predicted octanol–water partition coefficient (Wildman–Crippen LogP) is 1.48. The lowest BCUT2D eigenvalue weighted by molar-refractivity contribution is -0.136. The van der Waals surface area contributed by atoms with Gasteiger partial charge in [0.25, 0.3) is 5.91 Å². The highest BCUT2D eigenvalue weighted by atomic mass is 127. The normalized spacial score (nSPS) is 19.3. The van der Waals surface area contributed by atoms with Crippen molar-refractivity contribution in [3.63, 3.8) is 0 Å². The molecule has 0 spiro atoms. The lowest BCUT2D eigenvalue weighted by Gasteiger charge is -2.26. The van der Waals surface area contributed by atoms with Crippen LogP contribution < -0.4 is 0 Å². The van der Waals surface area contributed by atoms with Crippen LogP contribution in [-0.2, 0) is 19.4 Å². The molecule has 0 aromatic heterocycles. The average Bonchev–Trinajstić information content (AvgIpc) is 2.86. The first-order valence-electron chi connectivity index (χ1n) is 7.25. The second kappa shape index (κ2) is 7.61. The van der Waals surface area contributed by atoms with Crippen molar-refractivity contribution in [1.82, 2.24) is 4.90 Å². The first-order chi connectivity index (χ1) is 10.8. The van der Waals surface area contributed by atoms with Gasteiger partial charge in [0.1, 0.15) is 0 Å². The number of ether oxygens (including phenoxy) is 1. The summed E-state index contributed by atoms with van der Waals surface area (Å²) in [6.07, 6.45) is 0.437. The zero-order chi connectivity index (χ0) is 17.0. The molecule has 1 saturated heterocycles. The Kier molecular flexibility index (Phi) is 6.01. The minimum absolute atomic E-state index is 0.0168. The fourth-order valence-electron chi connectivity index (χ4n) is 2.57. The van der Waals surface area contributed by atoms with Crippen molar-refractivity contribution in [2.75, 3.05) is 24.7 Å². The molecule has 0 radical (unpaired) electrons. The zero-order valence-corrected chi connectivity index (χ0v) is 15.7. The lowest BCUT2D eigenvalue weighted by Crippen LogP contribution is -2.43. The van der Waals surface area contributed by atoms with E-state index in [1.165, 1.54) is 4.90 Å². The van der Waals surface area contributed by atoms with Crippen molar-refractivity contribution in [3.8, 4) is 0 Å². The number of halogens is 1. The molecular weight excluding hydrogens is 433 g/mol. The van der Waals surface area contributed by atoms with Gasteiger partial charge in [-0.05, 0) is 48.1 Å². The molecule has 2 rings (SSSR count). The van der Waals surface area contributed by atoms with E-state index in [2.05, 4.69) is 0 Å². The van der Waals surface area contributed by atoms with Gasteiger partial charge in [0, 0.05) is 16.2 Å². The Labute approximate surface area is 149 Å². The SMILES string of the molecule is CCN(C(=O)COC(=O)c1ccccc1I)[C@@H]1CCS(=O)(=O)C1. The summed E-state index contributed by atoms with van der Waals surface area (Å²) in [5.41, 5.74) is 0.410. The molecular formula is C15H18INO5S. The number of nitrogens with zero attached hydrogens (tertiary/aromatic N) is 1. The molecule has 0 N–H and O–H groups in total. The fraction of sp³-hybridized carbons (Fsp3) is 0.467. The summed E-state index contributed by atoms with van der Waals surface area (Å²) in [4.78, 5) is 25.7. The molecule has 1 aliphatic rings. The van der Waals surface area contributed by atoms with E-state index in [1.807, 2.05) is 28.7 Å². The van der Waals surface area contributed by atoms with Gasteiger partial charge in [-0.25, -0.2) is 13.2 Å². The molecule has 23 heavy (non-hydrogen) atoms. The Hall–Kier alpha value is -1.16. The maximum atomic E-state index is 12.2. The van der Waals surface area contributed by atoms with Crippen LogP contribution in [0.1, 0.15) is 23.7 Å². The van der Waals surface area contributed by atoms with E-state index in [-0.39, 0.29) is 30.1 Å². The third-order valence-electron chi connectivity index (χ3n) is 3.73. The maximum Gasteiger partial charge on any atom is 0.339 e. The van der Waals surface area contributed by atoms with E-state index in [0.29, 0.717) is 18.5 Å². The number of amides is 1. The summed E-state index contributed by atoms with van der Waals surface area (Å²) in [5, 5.41) is 0. The van der Waals surface area contributed by atoms with Gasteiger partial charge in [-0.2, -0.15) is 0 Å². The third-order valence-corrected chi connectivity index (χ3v) is 6.42. The van der Waals surface area contributed by atoms with Crippen LogP contribution in [0, 0.1) is 3.57 Å². The summed E-state index contributed by atoms with van der Waals surface area (Å²) in [6, 6.07) is 6.62. The first kappa shape index (κ1) is 18.2.